The van der Waals surface area contributed by atoms with Gasteiger partial charge in [0.2, 0.25) is 0 Å². The number of rotatable bonds is 5. The van der Waals surface area contributed by atoms with Crippen LogP contribution in [0.2, 0.25) is 0 Å². The lowest BCUT2D eigenvalue weighted by Crippen LogP contribution is -2.01. The number of para-hydroxylation sites is 2. The normalized spacial score (nSPS) is 11.9. The van der Waals surface area contributed by atoms with E-state index in [2.05, 4.69) is 193 Å². The summed E-state index contributed by atoms with van der Waals surface area (Å²) in [6.45, 7) is 0. The van der Waals surface area contributed by atoms with Crippen LogP contribution < -0.4 is 0 Å². The fourth-order valence-corrected chi connectivity index (χ4v) is 9.47. The van der Waals surface area contributed by atoms with Gasteiger partial charge in [-0.2, -0.15) is 0 Å². The number of aromatic nitrogens is 4. The van der Waals surface area contributed by atoms with E-state index in [-0.39, 0.29) is 0 Å². The van der Waals surface area contributed by atoms with E-state index < -0.39 is 0 Å². The highest BCUT2D eigenvalue weighted by atomic mass is 16.3. The van der Waals surface area contributed by atoms with Crippen molar-refractivity contribution >= 4 is 76.1 Å². The Labute approximate surface area is 355 Å². The summed E-state index contributed by atoms with van der Waals surface area (Å²) in [5.41, 5.74) is 9.67. The van der Waals surface area contributed by atoms with Gasteiger partial charge in [-0.05, 0) is 92.0 Å². The number of nitrogens with zero attached hydrogens (tertiary/aromatic N) is 4. The van der Waals surface area contributed by atoms with Gasteiger partial charge >= 0.3 is 0 Å². The molecule has 0 saturated heterocycles. The van der Waals surface area contributed by atoms with E-state index in [9.17, 15) is 0 Å². The van der Waals surface area contributed by atoms with Crippen LogP contribution in [0.15, 0.2) is 211 Å². The molecule has 0 aliphatic rings. The van der Waals surface area contributed by atoms with Crippen LogP contribution in [-0.4, -0.2) is 19.5 Å². The minimum Gasteiger partial charge on any atom is -0.454 e. The minimum absolute atomic E-state index is 0.574. The fraction of sp³-hybridized carbons (Fsp3) is 0. The van der Waals surface area contributed by atoms with E-state index in [4.69, 9.17) is 19.4 Å². The van der Waals surface area contributed by atoms with Gasteiger partial charge in [-0.25, -0.2) is 15.0 Å². The van der Waals surface area contributed by atoms with Gasteiger partial charge in [0.05, 0.1) is 16.7 Å². The molecule has 0 bridgehead atoms. The number of benzene rings is 10. The van der Waals surface area contributed by atoms with Crippen molar-refractivity contribution in [2.24, 2.45) is 0 Å². The molecule has 0 amide bonds. The minimum atomic E-state index is 0.574. The molecule has 288 valence electrons. The molecular formula is C57H34N4O. The number of fused-ring (bicyclic) bond motifs is 10. The summed E-state index contributed by atoms with van der Waals surface area (Å²) in [4.78, 5) is 15.9. The van der Waals surface area contributed by atoms with Gasteiger partial charge in [-0.15, -0.1) is 0 Å². The first kappa shape index (κ1) is 34.5. The van der Waals surface area contributed by atoms with E-state index in [1.54, 1.807) is 0 Å². The second kappa shape index (κ2) is 13.6. The fourth-order valence-electron chi connectivity index (χ4n) is 9.47. The predicted molar refractivity (Wildman–Crippen MR) is 256 cm³/mol. The molecule has 0 spiro atoms. The Hall–Kier alpha value is -8.41. The highest BCUT2D eigenvalue weighted by molar-refractivity contribution is 6.18. The summed E-state index contributed by atoms with van der Waals surface area (Å²) in [7, 11) is 0. The van der Waals surface area contributed by atoms with Gasteiger partial charge in [-0.1, -0.05) is 158 Å². The molecule has 13 aromatic rings. The summed E-state index contributed by atoms with van der Waals surface area (Å²) in [5, 5.41) is 11.5. The van der Waals surface area contributed by atoms with Gasteiger partial charge in [-0.3, -0.25) is 0 Å². The van der Waals surface area contributed by atoms with Gasteiger partial charge in [0.15, 0.2) is 23.1 Å². The van der Waals surface area contributed by atoms with Crippen LogP contribution in [0.3, 0.4) is 0 Å². The first-order valence-corrected chi connectivity index (χ1v) is 20.9. The Morgan fingerprint density at radius 3 is 1.82 bits per heavy atom. The first-order valence-electron chi connectivity index (χ1n) is 20.9. The molecular weight excluding hydrogens is 757 g/mol. The van der Waals surface area contributed by atoms with Gasteiger partial charge < -0.3 is 8.98 Å². The molecule has 10 aromatic carbocycles. The maximum Gasteiger partial charge on any atom is 0.164 e. The van der Waals surface area contributed by atoms with Crippen molar-refractivity contribution in [3.8, 4) is 51.0 Å². The topological polar surface area (TPSA) is 56.7 Å². The van der Waals surface area contributed by atoms with Crippen LogP contribution >= 0.6 is 0 Å². The monoisotopic (exact) mass is 790 g/mol. The molecule has 0 radical (unpaired) electrons. The van der Waals surface area contributed by atoms with Crippen molar-refractivity contribution in [2.45, 2.75) is 0 Å². The average molecular weight is 791 g/mol. The zero-order valence-electron chi connectivity index (χ0n) is 33.3. The number of hydrogen-bond donors (Lipinski definition) is 0. The standard InChI is InChI=1S/C57H34N4O/c1-2-13-35(14-3-1)37-18-12-19-41(31-37)55-58-56(42-27-28-44-40(32-42)26-25-36-15-6-7-20-43(36)44)60-57(59-55)47-29-30-50(54-53(47)46-22-9-11-24-52(46)62-54)61-49-23-10-8-21-45(49)48-33-38-16-4-5-17-39(38)34-51(48)61/h1-34H. The Morgan fingerprint density at radius 2 is 0.968 bits per heavy atom. The Bertz CT molecular complexity index is 3940. The van der Waals surface area contributed by atoms with Crippen LogP contribution in [0, 0.1) is 0 Å². The van der Waals surface area contributed by atoms with E-state index in [1.807, 2.05) is 18.2 Å². The molecule has 0 fully saturated rings. The Kier molecular flexibility index (Phi) is 7.54. The van der Waals surface area contributed by atoms with Crippen LogP contribution in [0.4, 0.5) is 0 Å². The summed E-state index contributed by atoms with van der Waals surface area (Å²) < 4.78 is 9.29. The summed E-state index contributed by atoms with van der Waals surface area (Å²) >= 11 is 0. The van der Waals surface area contributed by atoms with Crippen molar-refractivity contribution in [3.63, 3.8) is 0 Å². The molecule has 3 aromatic heterocycles. The lowest BCUT2D eigenvalue weighted by atomic mass is 10.00. The van der Waals surface area contributed by atoms with Crippen molar-refractivity contribution in [3.05, 3.63) is 206 Å². The maximum absolute atomic E-state index is 6.94. The first-order chi connectivity index (χ1) is 30.7. The van der Waals surface area contributed by atoms with Crippen molar-refractivity contribution in [1.29, 1.82) is 0 Å². The molecule has 0 N–H and O–H groups in total. The van der Waals surface area contributed by atoms with E-state index >= 15 is 0 Å². The molecule has 62 heavy (non-hydrogen) atoms. The molecule has 0 aliphatic carbocycles. The maximum atomic E-state index is 6.94. The Morgan fingerprint density at radius 1 is 0.339 bits per heavy atom. The molecule has 0 unspecified atom stereocenters. The Balaban J connectivity index is 1.07. The summed E-state index contributed by atoms with van der Waals surface area (Å²) in [5.74, 6) is 1.77. The predicted octanol–water partition coefficient (Wildman–Crippen LogP) is 15.0. The second-order valence-corrected chi connectivity index (χ2v) is 16.0. The molecule has 0 saturated carbocycles. The zero-order valence-corrected chi connectivity index (χ0v) is 33.3. The van der Waals surface area contributed by atoms with Crippen LogP contribution in [0.5, 0.6) is 0 Å². The SMILES string of the molecule is c1ccc(-c2cccc(-c3nc(-c4ccc5c(ccc6ccccc65)c4)nc(-c4ccc(-n5c6ccccc6c6cc7ccccc7cc65)c5oc6ccccc6c45)n3)c2)cc1. The molecule has 13 rings (SSSR count). The third-order valence-electron chi connectivity index (χ3n) is 12.4. The number of hydrogen-bond acceptors (Lipinski definition) is 4. The smallest absolute Gasteiger partial charge is 0.164 e. The van der Waals surface area contributed by atoms with Crippen LogP contribution in [0.1, 0.15) is 0 Å². The highest BCUT2D eigenvalue weighted by Gasteiger charge is 2.23. The van der Waals surface area contributed by atoms with Crippen LogP contribution in [-0.2, 0) is 0 Å². The van der Waals surface area contributed by atoms with Gasteiger partial charge in [0, 0.05) is 38.2 Å². The third kappa shape index (κ3) is 5.38. The van der Waals surface area contributed by atoms with Crippen molar-refractivity contribution < 1.29 is 4.42 Å². The lowest BCUT2D eigenvalue weighted by molar-refractivity contribution is 0.666. The molecule has 5 heteroatoms. The van der Waals surface area contributed by atoms with Gasteiger partial charge in [0.25, 0.3) is 0 Å². The van der Waals surface area contributed by atoms with Gasteiger partial charge in [0.1, 0.15) is 5.58 Å². The van der Waals surface area contributed by atoms with Crippen LogP contribution in [0.25, 0.3) is 127 Å². The van der Waals surface area contributed by atoms with E-state index in [1.165, 1.54) is 37.7 Å². The quantitative estimate of drug-likeness (QED) is 0.163. The molecule has 3 heterocycles. The highest BCUT2D eigenvalue weighted by Crippen LogP contribution is 2.43. The zero-order chi connectivity index (χ0) is 40.7. The van der Waals surface area contributed by atoms with E-state index in [0.29, 0.717) is 17.5 Å². The summed E-state index contributed by atoms with van der Waals surface area (Å²) in [6.07, 6.45) is 0. The lowest BCUT2D eigenvalue weighted by Gasteiger charge is -2.13. The second-order valence-electron chi connectivity index (χ2n) is 16.0. The summed E-state index contributed by atoms with van der Waals surface area (Å²) in [6, 6.07) is 72.7. The number of furan rings is 1. The van der Waals surface area contributed by atoms with Crippen molar-refractivity contribution in [2.75, 3.05) is 0 Å². The molecule has 0 aliphatic heterocycles. The molecule has 0 atom stereocenters. The average Bonchev–Trinajstić information content (AvgIpc) is 3.89. The van der Waals surface area contributed by atoms with Crippen molar-refractivity contribution in [1.82, 2.24) is 19.5 Å². The largest absolute Gasteiger partial charge is 0.454 e. The van der Waals surface area contributed by atoms with E-state index in [0.717, 1.165) is 71.9 Å². The third-order valence-corrected chi connectivity index (χ3v) is 12.4. The molecule has 5 nitrogen and oxygen atoms in total.